The fourth-order valence-electron chi connectivity index (χ4n) is 6.19. The number of pyridine rings is 3. The molecule has 66 heavy (non-hydrogen) atoms. The van der Waals surface area contributed by atoms with Crippen LogP contribution in [0.5, 0.6) is 0 Å². The summed E-state index contributed by atoms with van der Waals surface area (Å²) in [6, 6.07) is 2.06. The average molecular weight is 1000 g/mol. The minimum Gasteiger partial charge on any atom is -0.467 e. The van der Waals surface area contributed by atoms with Gasteiger partial charge >= 0.3 is 23.9 Å². The summed E-state index contributed by atoms with van der Waals surface area (Å²) in [6.07, 6.45) is -0.996. The van der Waals surface area contributed by atoms with E-state index in [9.17, 15) is 24.4 Å². The lowest BCUT2D eigenvalue weighted by molar-refractivity contribution is -0.164. The van der Waals surface area contributed by atoms with Gasteiger partial charge in [-0.2, -0.15) is 5.26 Å². The molecule has 19 heteroatoms. The van der Waals surface area contributed by atoms with Crippen LogP contribution in [-0.2, 0) is 47.5 Å². The first-order chi connectivity index (χ1) is 30.3. The maximum Gasteiger partial charge on any atom is 0.356 e. The molecule has 0 spiro atoms. The van der Waals surface area contributed by atoms with Crippen LogP contribution in [0.15, 0.2) is 0 Å². The number of methoxy groups -OCH3 is 4. The van der Waals surface area contributed by atoms with Gasteiger partial charge in [0.2, 0.25) is 0 Å². The summed E-state index contributed by atoms with van der Waals surface area (Å²) in [5.74, 6) is -2.00. The smallest absolute Gasteiger partial charge is 0.356 e. The van der Waals surface area contributed by atoms with Gasteiger partial charge in [0.1, 0.15) is 16.9 Å². The summed E-state index contributed by atoms with van der Waals surface area (Å²) in [6.45, 7) is 25.0. The Morgan fingerprint density at radius 2 is 0.924 bits per heavy atom. The minimum absolute atomic E-state index is 0.109. The van der Waals surface area contributed by atoms with Gasteiger partial charge in [-0.25, -0.2) is 34.1 Å². The highest BCUT2D eigenvalue weighted by molar-refractivity contribution is 6.36. The lowest BCUT2D eigenvalue weighted by Gasteiger charge is -2.28. The van der Waals surface area contributed by atoms with Crippen molar-refractivity contribution in [1.82, 2.24) is 15.0 Å². The van der Waals surface area contributed by atoms with Gasteiger partial charge in [-0.05, 0) is 110 Å². The van der Waals surface area contributed by atoms with Gasteiger partial charge in [0.05, 0.1) is 66.0 Å². The molecule has 1 saturated carbocycles. The molecule has 1 aliphatic rings. The Balaban J connectivity index is 0.000000341. The summed E-state index contributed by atoms with van der Waals surface area (Å²) >= 11 is 25.2. The molecule has 4 rings (SSSR count). The van der Waals surface area contributed by atoms with Gasteiger partial charge in [-0.15, -0.1) is 0 Å². The SMILES string of the molecule is COC(=O)[C@@H](OC(C)(C)C)c1c(C)nc(Cl)c(C)c1Cl.COC(=O)[C@@H](OC(C)(C)C)c1c(C2CC2)nc(C#N)c(C)c1Cl.COC(=O)c1nc(C)c([C@H](OC(C)(C)C)C(=O)OC)c(Cl)c1C. The molecule has 0 radical (unpaired) electrons. The van der Waals surface area contributed by atoms with Crippen molar-refractivity contribution in [3.63, 3.8) is 0 Å². The molecule has 15 nitrogen and oxygen atoms in total. The van der Waals surface area contributed by atoms with E-state index in [0.29, 0.717) is 71.4 Å². The van der Waals surface area contributed by atoms with E-state index < -0.39 is 59.0 Å². The fourth-order valence-corrected chi connectivity index (χ4v) is 7.40. The molecule has 364 valence electrons. The van der Waals surface area contributed by atoms with Crippen molar-refractivity contribution in [2.45, 2.75) is 151 Å². The standard InChI is InChI=1S/C17H21ClN2O3.C16H22ClNO5.C14H19Cl2NO3/c1-9-11(8-19)20-14(10-6-7-10)12(13(9)18)15(16(21)22-5)23-17(2,3)4;1-8-11(17)10(9(2)18-12(8)14(19)21-6)13(15(20)22-7)23-16(3,4)5;1-7-10(15)9(8(2)17-12(7)16)11(13(18)19-6)20-14(3,4)5/h10,15H,6-7H2,1-5H3;13H,1-7H3;11H,1-6H3/t15-;13-;11-/m000/s1. The Bertz CT molecular complexity index is 2330. The molecule has 0 N–H and O–H groups in total. The monoisotopic (exact) mass is 998 g/mol. The molecule has 3 atom stereocenters. The van der Waals surface area contributed by atoms with E-state index in [2.05, 4.69) is 21.0 Å². The zero-order valence-electron chi connectivity index (χ0n) is 41.0. The molecule has 0 amide bonds. The van der Waals surface area contributed by atoms with Gasteiger partial charge < -0.3 is 33.2 Å². The number of nitriles is 1. The Kier molecular flexibility index (Phi) is 20.9. The van der Waals surface area contributed by atoms with E-state index >= 15 is 0 Å². The first-order valence-electron chi connectivity index (χ1n) is 20.7. The second kappa shape index (κ2) is 23.7. The first-order valence-corrected chi connectivity index (χ1v) is 22.3. The number of hydrogen-bond acceptors (Lipinski definition) is 15. The van der Waals surface area contributed by atoms with Crippen LogP contribution in [0.1, 0.15) is 166 Å². The van der Waals surface area contributed by atoms with Crippen LogP contribution >= 0.6 is 46.4 Å². The number of rotatable bonds is 11. The lowest BCUT2D eigenvalue weighted by atomic mass is 9.99. The lowest BCUT2D eigenvalue weighted by Crippen LogP contribution is -2.29. The highest BCUT2D eigenvalue weighted by atomic mass is 35.5. The summed E-state index contributed by atoms with van der Waals surface area (Å²) in [7, 11) is 5.16. The molecule has 0 bridgehead atoms. The predicted octanol–water partition coefficient (Wildman–Crippen LogP) is 11.0. The zero-order chi connectivity index (χ0) is 51.0. The van der Waals surface area contributed by atoms with E-state index in [4.69, 9.17) is 79.6 Å². The van der Waals surface area contributed by atoms with Gasteiger partial charge in [0.25, 0.3) is 0 Å². The minimum atomic E-state index is -1.04. The van der Waals surface area contributed by atoms with Crippen LogP contribution < -0.4 is 0 Å². The van der Waals surface area contributed by atoms with E-state index in [1.807, 2.05) is 62.3 Å². The van der Waals surface area contributed by atoms with Crippen LogP contribution in [0, 0.1) is 45.9 Å². The third-order valence-corrected chi connectivity index (χ3v) is 11.3. The highest BCUT2D eigenvalue weighted by Crippen LogP contribution is 2.46. The molecule has 0 saturated heterocycles. The Morgan fingerprint density at radius 1 is 0.561 bits per heavy atom. The third kappa shape index (κ3) is 15.4. The summed E-state index contributed by atoms with van der Waals surface area (Å²) < 4.78 is 36.7. The van der Waals surface area contributed by atoms with Gasteiger partial charge in [-0.3, -0.25) is 0 Å². The topological polar surface area (TPSA) is 195 Å². The number of aromatic nitrogens is 3. The van der Waals surface area contributed by atoms with Crippen molar-refractivity contribution in [3.05, 3.63) is 82.1 Å². The maximum absolute atomic E-state index is 12.3. The van der Waals surface area contributed by atoms with Crippen molar-refractivity contribution in [3.8, 4) is 6.07 Å². The first kappa shape index (κ1) is 58.0. The number of esters is 4. The number of carbonyl (C=O) groups excluding carboxylic acids is 4. The molecule has 3 aromatic heterocycles. The van der Waals surface area contributed by atoms with Crippen molar-refractivity contribution in [1.29, 1.82) is 5.26 Å². The molecule has 3 heterocycles. The number of aryl methyl sites for hydroxylation is 2. The van der Waals surface area contributed by atoms with Crippen LogP contribution in [0.4, 0.5) is 0 Å². The van der Waals surface area contributed by atoms with E-state index in [0.717, 1.165) is 12.8 Å². The number of ether oxygens (including phenoxy) is 7. The van der Waals surface area contributed by atoms with Crippen molar-refractivity contribution < 1.29 is 52.3 Å². The van der Waals surface area contributed by atoms with E-state index in [-0.39, 0.29) is 16.6 Å². The third-order valence-electron chi connectivity index (χ3n) is 9.45. The molecule has 0 aromatic carbocycles. The quantitative estimate of drug-likeness (QED) is 0.0999. The van der Waals surface area contributed by atoms with Gasteiger partial charge in [-0.1, -0.05) is 46.4 Å². The molecule has 1 aliphatic carbocycles. The molecular weight excluding hydrogens is 938 g/mol. The number of carbonyl (C=O) groups is 4. The summed E-state index contributed by atoms with van der Waals surface area (Å²) in [4.78, 5) is 61.1. The molecular formula is C47H62Cl4N4O11. The Labute approximate surface area is 408 Å². The largest absolute Gasteiger partial charge is 0.467 e. The van der Waals surface area contributed by atoms with Gasteiger partial charge in [0, 0.05) is 50.7 Å². The number of nitrogens with zero attached hydrogens (tertiary/aromatic N) is 4. The van der Waals surface area contributed by atoms with Crippen molar-refractivity contribution in [2.24, 2.45) is 0 Å². The number of halogens is 4. The number of hydrogen-bond donors (Lipinski definition) is 0. The molecule has 1 fully saturated rings. The van der Waals surface area contributed by atoms with Crippen molar-refractivity contribution >= 4 is 70.3 Å². The van der Waals surface area contributed by atoms with Gasteiger partial charge in [0.15, 0.2) is 24.0 Å². The van der Waals surface area contributed by atoms with Crippen LogP contribution in [-0.4, -0.2) is 84.1 Å². The van der Waals surface area contributed by atoms with E-state index in [1.54, 1.807) is 34.6 Å². The van der Waals surface area contributed by atoms with Crippen LogP contribution in [0.3, 0.4) is 0 Å². The normalized spacial score (nSPS) is 14.0. The molecule has 3 aromatic rings. The predicted molar refractivity (Wildman–Crippen MR) is 251 cm³/mol. The average Bonchev–Trinajstić information content (AvgIpc) is 4.07. The van der Waals surface area contributed by atoms with Crippen molar-refractivity contribution in [2.75, 3.05) is 28.4 Å². The Hall–Kier alpha value is -4.14. The fraction of sp³-hybridized carbons (Fsp3) is 0.574. The molecule has 0 aliphatic heterocycles. The van der Waals surface area contributed by atoms with E-state index in [1.165, 1.54) is 28.4 Å². The second-order valence-electron chi connectivity index (χ2n) is 18.2. The zero-order valence-corrected chi connectivity index (χ0v) is 44.0. The maximum atomic E-state index is 12.3. The highest BCUT2D eigenvalue weighted by Gasteiger charge is 2.39. The Morgan fingerprint density at radius 3 is 1.27 bits per heavy atom. The molecule has 0 unspecified atom stereocenters. The summed E-state index contributed by atoms with van der Waals surface area (Å²) in [5, 5.41) is 10.5. The van der Waals surface area contributed by atoms with Crippen LogP contribution in [0.2, 0.25) is 20.2 Å². The summed E-state index contributed by atoms with van der Waals surface area (Å²) in [5.41, 5.74) is 3.32. The van der Waals surface area contributed by atoms with Crippen LogP contribution in [0.25, 0.3) is 0 Å². The second-order valence-corrected chi connectivity index (χ2v) is 19.7.